The second-order valence-electron chi connectivity index (χ2n) is 4.52. The van der Waals surface area contributed by atoms with E-state index in [1.54, 1.807) is 0 Å². The van der Waals surface area contributed by atoms with E-state index in [4.69, 9.17) is 5.73 Å². The molecule has 1 aliphatic rings. The maximum atomic E-state index is 5.89. The quantitative estimate of drug-likeness (QED) is 0.645. The van der Waals surface area contributed by atoms with Crippen molar-refractivity contribution < 1.29 is 0 Å². The van der Waals surface area contributed by atoms with Crippen molar-refractivity contribution in [1.82, 2.24) is 9.80 Å². The summed E-state index contributed by atoms with van der Waals surface area (Å²) >= 11 is 0. The number of hydrogen-bond donors (Lipinski definition) is 1. The van der Waals surface area contributed by atoms with E-state index in [1.807, 2.05) is 0 Å². The van der Waals surface area contributed by atoms with E-state index >= 15 is 0 Å². The highest BCUT2D eigenvalue weighted by molar-refractivity contribution is 4.95. The summed E-state index contributed by atoms with van der Waals surface area (Å²) in [7, 11) is 4.23. The van der Waals surface area contributed by atoms with Gasteiger partial charge in [-0.15, -0.1) is 0 Å². The summed E-state index contributed by atoms with van der Waals surface area (Å²) in [5, 5.41) is 0. The molecule has 3 nitrogen and oxygen atoms in total. The van der Waals surface area contributed by atoms with Gasteiger partial charge >= 0.3 is 0 Å². The first-order valence-electron chi connectivity index (χ1n) is 4.66. The number of likely N-dealkylation sites (tertiary alicyclic amines) is 1. The van der Waals surface area contributed by atoms with E-state index in [0.29, 0.717) is 0 Å². The third-order valence-electron chi connectivity index (χ3n) is 2.25. The Hall–Kier alpha value is -0.120. The van der Waals surface area contributed by atoms with Crippen molar-refractivity contribution in [3.8, 4) is 0 Å². The van der Waals surface area contributed by atoms with Gasteiger partial charge in [0.15, 0.2) is 0 Å². The number of nitrogens with two attached hydrogens (primary N) is 1. The molecule has 1 heterocycles. The zero-order valence-corrected chi connectivity index (χ0v) is 8.51. The first-order valence-corrected chi connectivity index (χ1v) is 4.66. The van der Waals surface area contributed by atoms with E-state index in [1.165, 1.54) is 19.5 Å². The number of nitrogens with zero attached hydrogens (tertiary/aromatic N) is 2. The summed E-state index contributed by atoms with van der Waals surface area (Å²) in [6, 6.07) is 0. The highest BCUT2D eigenvalue weighted by Crippen LogP contribution is 2.16. The Morgan fingerprint density at radius 2 is 2.00 bits per heavy atom. The molecule has 0 bridgehead atoms. The lowest BCUT2D eigenvalue weighted by Crippen LogP contribution is -2.65. The molecule has 12 heavy (non-hydrogen) atoms. The minimum atomic E-state index is 0.0954. The minimum Gasteiger partial charge on any atom is -0.323 e. The normalized spacial score (nSPS) is 22.8. The van der Waals surface area contributed by atoms with Crippen molar-refractivity contribution >= 4 is 0 Å². The van der Waals surface area contributed by atoms with E-state index in [2.05, 4.69) is 30.8 Å². The fourth-order valence-electron chi connectivity index (χ4n) is 1.74. The first-order chi connectivity index (χ1) is 5.49. The molecule has 0 radical (unpaired) electrons. The van der Waals surface area contributed by atoms with E-state index < -0.39 is 0 Å². The van der Waals surface area contributed by atoms with Crippen LogP contribution in [0, 0.1) is 0 Å². The van der Waals surface area contributed by atoms with Crippen LogP contribution in [-0.2, 0) is 0 Å². The Bertz CT molecular complexity index is 135. The molecule has 0 aliphatic carbocycles. The molecule has 2 N–H and O–H groups in total. The Morgan fingerprint density at radius 3 is 2.42 bits per heavy atom. The molecule has 72 valence electrons. The van der Waals surface area contributed by atoms with Crippen LogP contribution in [0.3, 0.4) is 0 Å². The molecule has 0 aromatic heterocycles. The van der Waals surface area contributed by atoms with E-state index in [0.717, 1.165) is 13.1 Å². The van der Waals surface area contributed by atoms with Crippen molar-refractivity contribution in [2.75, 3.05) is 40.3 Å². The second-order valence-corrected chi connectivity index (χ2v) is 4.52. The highest BCUT2D eigenvalue weighted by atomic mass is 15.2. The minimum absolute atomic E-state index is 0.0954. The van der Waals surface area contributed by atoms with Crippen LogP contribution in [0.25, 0.3) is 0 Å². The molecular weight excluding hydrogens is 150 g/mol. The third-order valence-corrected chi connectivity index (χ3v) is 2.25. The predicted octanol–water partition coefficient (Wildman–Crippen LogP) is -0.0289. The highest BCUT2D eigenvalue weighted by Gasteiger charge is 2.33. The molecule has 1 fully saturated rings. The van der Waals surface area contributed by atoms with Gasteiger partial charge in [-0.1, -0.05) is 0 Å². The number of rotatable bonds is 4. The van der Waals surface area contributed by atoms with Gasteiger partial charge in [0.1, 0.15) is 0 Å². The monoisotopic (exact) mass is 171 g/mol. The summed E-state index contributed by atoms with van der Waals surface area (Å²) < 4.78 is 0. The summed E-state index contributed by atoms with van der Waals surface area (Å²) in [4.78, 5) is 4.64. The Balaban J connectivity index is 1.97. The molecule has 1 saturated heterocycles. The van der Waals surface area contributed by atoms with Crippen molar-refractivity contribution in [1.29, 1.82) is 0 Å². The van der Waals surface area contributed by atoms with Gasteiger partial charge in [-0.25, -0.2) is 0 Å². The Kier molecular flexibility index (Phi) is 3.09. The van der Waals surface area contributed by atoms with Gasteiger partial charge in [0.2, 0.25) is 0 Å². The van der Waals surface area contributed by atoms with Crippen molar-refractivity contribution in [3.05, 3.63) is 0 Å². The topological polar surface area (TPSA) is 32.5 Å². The predicted molar refractivity (Wildman–Crippen MR) is 52.2 cm³/mol. The van der Waals surface area contributed by atoms with Crippen LogP contribution in [0.2, 0.25) is 0 Å². The standard InChI is InChI=1S/C9H21N3/c1-9(10)7-12(8-9)6-4-5-11(2)3/h4-8,10H2,1-3H3. The average molecular weight is 171 g/mol. The average Bonchev–Trinajstić information content (AvgIpc) is 1.82. The van der Waals surface area contributed by atoms with E-state index in [-0.39, 0.29) is 5.54 Å². The van der Waals surface area contributed by atoms with Gasteiger partial charge in [-0.3, -0.25) is 4.90 Å². The lowest BCUT2D eigenvalue weighted by Gasteiger charge is -2.45. The lowest BCUT2D eigenvalue weighted by molar-refractivity contribution is 0.0807. The molecule has 0 amide bonds. The van der Waals surface area contributed by atoms with Crippen LogP contribution in [0.5, 0.6) is 0 Å². The second kappa shape index (κ2) is 3.73. The molecule has 1 aliphatic heterocycles. The van der Waals surface area contributed by atoms with Crippen molar-refractivity contribution in [2.24, 2.45) is 5.73 Å². The fourth-order valence-corrected chi connectivity index (χ4v) is 1.74. The summed E-state index contributed by atoms with van der Waals surface area (Å²) in [5.41, 5.74) is 5.99. The maximum absolute atomic E-state index is 5.89. The van der Waals surface area contributed by atoms with Crippen LogP contribution in [-0.4, -0.2) is 55.6 Å². The van der Waals surface area contributed by atoms with E-state index in [9.17, 15) is 0 Å². The summed E-state index contributed by atoms with van der Waals surface area (Å²) in [6.45, 7) is 6.64. The molecule has 0 aromatic rings. The Morgan fingerprint density at radius 1 is 1.42 bits per heavy atom. The molecule has 3 heteroatoms. The van der Waals surface area contributed by atoms with Crippen molar-refractivity contribution in [2.45, 2.75) is 18.9 Å². The van der Waals surface area contributed by atoms with Gasteiger partial charge in [0.25, 0.3) is 0 Å². The molecule has 0 spiro atoms. The van der Waals surface area contributed by atoms with Gasteiger partial charge in [-0.2, -0.15) is 0 Å². The van der Waals surface area contributed by atoms with Gasteiger partial charge in [0.05, 0.1) is 0 Å². The van der Waals surface area contributed by atoms with Crippen LogP contribution in [0.1, 0.15) is 13.3 Å². The third kappa shape index (κ3) is 3.09. The molecule has 0 saturated carbocycles. The van der Waals surface area contributed by atoms with Crippen LogP contribution >= 0.6 is 0 Å². The maximum Gasteiger partial charge on any atom is 0.0383 e. The smallest absolute Gasteiger partial charge is 0.0383 e. The molecule has 1 rings (SSSR count). The number of hydrogen-bond acceptors (Lipinski definition) is 3. The summed E-state index contributed by atoms with van der Waals surface area (Å²) in [6.07, 6.45) is 1.25. The molecule has 0 unspecified atom stereocenters. The van der Waals surface area contributed by atoms with Crippen LogP contribution in [0.15, 0.2) is 0 Å². The zero-order valence-electron chi connectivity index (χ0n) is 8.51. The fraction of sp³-hybridized carbons (Fsp3) is 1.00. The molecule has 0 aromatic carbocycles. The molecule has 0 atom stereocenters. The van der Waals surface area contributed by atoms with Gasteiger partial charge in [-0.05, 0) is 40.5 Å². The van der Waals surface area contributed by atoms with Crippen LogP contribution < -0.4 is 5.73 Å². The lowest BCUT2D eigenvalue weighted by atomic mass is 9.94. The van der Waals surface area contributed by atoms with Gasteiger partial charge in [0, 0.05) is 18.6 Å². The van der Waals surface area contributed by atoms with Crippen LogP contribution in [0.4, 0.5) is 0 Å². The van der Waals surface area contributed by atoms with Gasteiger partial charge < -0.3 is 10.6 Å². The largest absolute Gasteiger partial charge is 0.323 e. The van der Waals surface area contributed by atoms with Crippen molar-refractivity contribution in [3.63, 3.8) is 0 Å². The SMILES string of the molecule is CN(C)CCCN1CC(C)(N)C1. The first kappa shape index (κ1) is 9.96. The Labute approximate surface area is 75.5 Å². The zero-order chi connectivity index (χ0) is 9.19. The summed E-state index contributed by atoms with van der Waals surface area (Å²) in [5.74, 6) is 0. The molecular formula is C9H21N3.